The fourth-order valence-electron chi connectivity index (χ4n) is 2.32. The summed E-state index contributed by atoms with van der Waals surface area (Å²) in [5.74, 6) is -1.43. The number of carbonyl (C=O) groups is 2. The second-order valence-corrected chi connectivity index (χ2v) is 6.45. The predicted octanol–water partition coefficient (Wildman–Crippen LogP) is 2.81. The Morgan fingerprint density at radius 1 is 1.16 bits per heavy atom. The van der Waals surface area contributed by atoms with E-state index < -0.39 is 11.5 Å². The molecule has 0 spiro atoms. The van der Waals surface area contributed by atoms with Gasteiger partial charge in [-0.15, -0.1) is 0 Å². The number of ether oxygens (including phenoxy) is 1. The van der Waals surface area contributed by atoms with Crippen LogP contribution in [0.5, 0.6) is 0 Å². The van der Waals surface area contributed by atoms with Crippen molar-refractivity contribution in [1.29, 1.82) is 0 Å². The second-order valence-electron chi connectivity index (χ2n) is 6.45. The number of benzene rings is 1. The molecule has 0 saturated heterocycles. The van der Waals surface area contributed by atoms with E-state index in [9.17, 15) is 9.59 Å². The van der Waals surface area contributed by atoms with Crippen LogP contribution < -0.4 is 5.32 Å². The van der Waals surface area contributed by atoms with Crippen molar-refractivity contribution in [1.82, 2.24) is 10.3 Å². The van der Waals surface area contributed by atoms with Crippen LogP contribution in [0.1, 0.15) is 46.0 Å². The van der Waals surface area contributed by atoms with Crippen molar-refractivity contribution < 1.29 is 19.4 Å². The summed E-state index contributed by atoms with van der Waals surface area (Å²) in [6.07, 6.45) is 0. The van der Waals surface area contributed by atoms with Crippen LogP contribution in [-0.4, -0.2) is 34.1 Å². The van der Waals surface area contributed by atoms with Gasteiger partial charge in [0.2, 0.25) is 0 Å². The summed E-state index contributed by atoms with van der Waals surface area (Å²) in [5.41, 5.74) is 1.04. The van der Waals surface area contributed by atoms with Gasteiger partial charge in [-0.25, -0.2) is 9.78 Å². The third-order valence-corrected chi connectivity index (χ3v) is 3.58. The topological polar surface area (TPSA) is 88.5 Å². The molecule has 1 heterocycles. The second kappa shape index (κ2) is 7.90. The van der Waals surface area contributed by atoms with Crippen LogP contribution in [0.4, 0.5) is 0 Å². The van der Waals surface area contributed by atoms with Gasteiger partial charge in [-0.3, -0.25) is 4.79 Å². The van der Waals surface area contributed by atoms with Crippen LogP contribution >= 0.6 is 0 Å². The van der Waals surface area contributed by atoms with Crippen LogP contribution in [0.2, 0.25) is 0 Å². The van der Waals surface area contributed by atoms with Gasteiger partial charge in [0.15, 0.2) is 0 Å². The third-order valence-electron chi connectivity index (χ3n) is 3.58. The normalized spacial score (nSPS) is 11.2. The number of carboxylic acids is 1. The lowest BCUT2D eigenvalue weighted by Crippen LogP contribution is -2.47. The lowest BCUT2D eigenvalue weighted by atomic mass is 10.1. The third kappa shape index (κ3) is 5.39. The molecule has 0 saturated carbocycles. The van der Waals surface area contributed by atoms with Crippen molar-refractivity contribution in [2.75, 3.05) is 6.61 Å². The van der Waals surface area contributed by atoms with Crippen molar-refractivity contribution in [2.45, 2.75) is 32.9 Å². The molecule has 0 atom stereocenters. The van der Waals surface area contributed by atoms with E-state index in [1.54, 1.807) is 6.92 Å². The molecular weight excluding hydrogens is 320 g/mol. The largest absolute Gasteiger partial charge is 0.478 e. The zero-order chi connectivity index (χ0) is 18.4. The first-order valence-electron chi connectivity index (χ1n) is 7.93. The number of pyridine rings is 1. The minimum absolute atomic E-state index is 0.0852. The van der Waals surface area contributed by atoms with Gasteiger partial charge in [-0.1, -0.05) is 30.3 Å². The number of aryl methyl sites for hydroxylation is 1. The molecule has 0 unspecified atom stereocenters. The molecule has 6 heteroatoms. The Labute approximate surface area is 146 Å². The molecule has 1 aromatic carbocycles. The van der Waals surface area contributed by atoms with Gasteiger partial charge >= 0.3 is 5.97 Å². The summed E-state index contributed by atoms with van der Waals surface area (Å²) in [5, 5.41) is 11.9. The van der Waals surface area contributed by atoms with E-state index in [2.05, 4.69) is 10.3 Å². The quantitative estimate of drug-likeness (QED) is 0.808. The Balaban J connectivity index is 1.93. The summed E-state index contributed by atoms with van der Waals surface area (Å²) in [6, 6.07) is 12.6. The molecule has 2 aromatic rings. The number of hydrogen-bond acceptors (Lipinski definition) is 4. The van der Waals surface area contributed by atoms with Crippen molar-refractivity contribution in [3.8, 4) is 0 Å². The first kappa shape index (κ1) is 18.6. The highest BCUT2D eigenvalue weighted by molar-refractivity contribution is 5.94. The first-order chi connectivity index (χ1) is 11.8. The standard InChI is InChI=1S/C19H22N2O4/c1-13-15(18(23)24)9-10-16(20-13)17(22)21-19(2,3)12-25-11-14-7-5-4-6-8-14/h4-10H,11-12H2,1-3H3,(H,21,22)(H,23,24). The smallest absolute Gasteiger partial charge is 0.337 e. The van der Waals surface area contributed by atoms with E-state index in [0.29, 0.717) is 18.9 Å². The number of rotatable bonds is 7. The molecule has 132 valence electrons. The lowest BCUT2D eigenvalue weighted by Gasteiger charge is -2.26. The zero-order valence-corrected chi connectivity index (χ0v) is 14.6. The Bertz CT molecular complexity index is 757. The first-order valence-corrected chi connectivity index (χ1v) is 7.93. The summed E-state index contributed by atoms with van der Waals surface area (Å²) in [6.45, 7) is 6.07. The Hall–Kier alpha value is -2.73. The number of carboxylic acid groups (broad SMARTS) is 1. The van der Waals surface area contributed by atoms with Crippen LogP contribution in [0.3, 0.4) is 0 Å². The van der Waals surface area contributed by atoms with Gasteiger partial charge in [0, 0.05) is 0 Å². The van der Waals surface area contributed by atoms with Gasteiger partial charge in [-0.2, -0.15) is 0 Å². The predicted molar refractivity (Wildman–Crippen MR) is 93.6 cm³/mol. The van der Waals surface area contributed by atoms with E-state index in [0.717, 1.165) is 5.56 Å². The summed E-state index contributed by atoms with van der Waals surface area (Å²) in [7, 11) is 0. The van der Waals surface area contributed by atoms with Gasteiger partial charge in [0.05, 0.1) is 30.0 Å². The summed E-state index contributed by atoms with van der Waals surface area (Å²) in [4.78, 5) is 27.4. The number of aromatic carboxylic acids is 1. The fourth-order valence-corrected chi connectivity index (χ4v) is 2.32. The van der Waals surface area contributed by atoms with Crippen molar-refractivity contribution in [2.24, 2.45) is 0 Å². The number of amides is 1. The van der Waals surface area contributed by atoms with E-state index in [4.69, 9.17) is 9.84 Å². The van der Waals surface area contributed by atoms with Crippen molar-refractivity contribution >= 4 is 11.9 Å². The number of hydrogen-bond donors (Lipinski definition) is 2. The summed E-state index contributed by atoms with van der Waals surface area (Å²) >= 11 is 0. The fraction of sp³-hybridized carbons (Fsp3) is 0.316. The molecule has 2 rings (SSSR count). The molecule has 0 bridgehead atoms. The van der Waals surface area contributed by atoms with Gasteiger partial charge < -0.3 is 15.2 Å². The zero-order valence-electron chi connectivity index (χ0n) is 14.6. The maximum Gasteiger partial charge on any atom is 0.337 e. The lowest BCUT2D eigenvalue weighted by molar-refractivity contribution is 0.0613. The molecule has 6 nitrogen and oxygen atoms in total. The molecule has 25 heavy (non-hydrogen) atoms. The summed E-state index contributed by atoms with van der Waals surface area (Å²) < 4.78 is 5.68. The van der Waals surface area contributed by atoms with Gasteiger partial charge in [0.1, 0.15) is 5.69 Å². The van der Waals surface area contributed by atoms with Crippen LogP contribution in [-0.2, 0) is 11.3 Å². The molecule has 1 aromatic heterocycles. The number of nitrogens with zero attached hydrogens (tertiary/aromatic N) is 1. The minimum Gasteiger partial charge on any atom is -0.478 e. The highest BCUT2D eigenvalue weighted by Crippen LogP contribution is 2.10. The van der Waals surface area contributed by atoms with Crippen LogP contribution in [0, 0.1) is 6.92 Å². The average molecular weight is 342 g/mol. The molecule has 0 fully saturated rings. The Kier molecular flexibility index (Phi) is 5.88. The van der Waals surface area contributed by atoms with Crippen LogP contribution in [0.15, 0.2) is 42.5 Å². The van der Waals surface area contributed by atoms with Gasteiger partial charge in [0.25, 0.3) is 5.91 Å². The Morgan fingerprint density at radius 3 is 2.44 bits per heavy atom. The number of aromatic nitrogens is 1. The van der Waals surface area contributed by atoms with E-state index in [1.807, 2.05) is 44.2 Å². The maximum atomic E-state index is 12.4. The number of nitrogens with one attached hydrogen (secondary N) is 1. The van der Waals surface area contributed by atoms with Crippen molar-refractivity contribution in [3.63, 3.8) is 0 Å². The van der Waals surface area contributed by atoms with Crippen molar-refractivity contribution in [3.05, 3.63) is 65.0 Å². The molecule has 0 aliphatic carbocycles. The van der Waals surface area contributed by atoms with E-state index >= 15 is 0 Å². The molecule has 0 aliphatic heterocycles. The molecular formula is C19H22N2O4. The molecule has 0 radical (unpaired) electrons. The molecule has 1 amide bonds. The highest BCUT2D eigenvalue weighted by atomic mass is 16.5. The molecule has 0 aliphatic rings. The molecule has 2 N–H and O–H groups in total. The van der Waals surface area contributed by atoms with E-state index in [-0.39, 0.29) is 17.2 Å². The SMILES string of the molecule is Cc1nc(C(=O)NC(C)(C)COCc2ccccc2)ccc1C(=O)O. The highest BCUT2D eigenvalue weighted by Gasteiger charge is 2.23. The average Bonchev–Trinajstić information content (AvgIpc) is 2.54. The number of carbonyl (C=O) groups excluding carboxylic acids is 1. The van der Waals surface area contributed by atoms with Crippen LogP contribution in [0.25, 0.3) is 0 Å². The monoisotopic (exact) mass is 342 g/mol. The minimum atomic E-state index is -1.06. The maximum absolute atomic E-state index is 12.4. The van der Waals surface area contributed by atoms with Gasteiger partial charge in [-0.05, 0) is 38.5 Å². The van der Waals surface area contributed by atoms with E-state index in [1.165, 1.54) is 12.1 Å². The Morgan fingerprint density at radius 2 is 1.84 bits per heavy atom.